The lowest BCUT2D eigenvalue weighted by atomic mass is 10.1. The molecule has 18 heavy (non-hydrogen) atoms. The van der Waals surface area contributed by atoms with Gasteiger partial charge >= 0.3 is 0 Å². The lowest BCUT2D eigenvalue weighted by Crippen LogP contribution is -2.30. The SMILES string of the molecule is NC1CCc2c(OCC(=O)NC3CC3)cccc21. The van der Waals surface area contributed by atoms with Crippen molar-refractivity contribution in [2.24, 2.45) is 5.73 Å². The third-order valence-electron chi connectivity index (χ3n) is 3.58. The molecule has 0 bridgehead atoms. The first-order chi connectivity index (χ1) is 8.74. The van der Waals surface area contributed by atoms with E-state index >= 15 is 0 Å². The van der Waals surface area contributed by atoms with Gasteiger partial charge in [0.25, 0.3) is 5.91 Å². The number of benzene rings is 1. The van der Waals surface area contributed by atoms with Crippen molar-refractivity contribution in [2.75, 3.05) is 6.61 Å². The Balaban J connectivity index is 1.64. The second-order valence-electron chi connectivity index (χ2n) is 5.10. The average molecular weight is 246 g/mol. The van der Waals surface area contributed by atoms with Crippen LogP contribution in [0.5, 0.6) is 5.75 Å². The van der Waals surface area contributed by atoms with E-state index in [1.54, 1.807) is 0 Å². The Morgan fingerprint density at radius 2 is 2.22 bits per heavy atom. The molecule has 0 heterocycles. The zero-order chi connectivity index (χ0) is 12.5. The van der Waals surface area contributed by atoms with E-state index in [4.69, 9.17) is 10.5 Å². The third kappa shape index (κ3) is 2.34. The molecule has 96 valence electrons. The van der Waals surface area contributed by atoms with E-state index < -0.39 is 0 Å². The number of nitrogens with two attached hydrogens (primary N) is 1. The van der Waals surface area contributed by atoms with Gasteiger partial charge in [0.05, 0.1) is 0 Å². The van der Waals surface area contributed by atoms with Crippen LogP contribution < -0.4 is 15.8 Å². The predicted molar refractivity (Wildman–Crippen MR) is 68.4 cm³/mol. The van der Waals surface area contributed by atoms with Crippen molar-refractivity contribution < 1.29 is 9.53 Å². The Labute approximate surface area is 107 Å². The van der Waals surface area contributed by atoms with E-state index in [2.05, 4.69) is 5.32 Å². The molecular weight excluding hydrogens is 228 g/mol. The first kappa shape index (κ1) is 11.5. The van der Waals surface area contributed by atoms with Crippen molar-refractivity contribution in [2.45, 2.75) is 37.8 Å². The smallest absolute Gasteiger partial charge is 0.258 e. The molecule has 0 spiro atoms. The summed E-state index contributed by atoms with van der Waals surface area (Å²) < 4.78 is 5.62. The second kappa shape index (κ2) is 4.61. The predicted octanol–water partition coefficient (Wildman–Crippen LogP) is 1.29. The number of hydrogen-bond acceptors (Lipinski definition) is 3. The van der Waals surface area contributed by atoms with Gasteiger partial charge in [-0.1, -0.05) is 12.1 Å². The summed E-state index contributed by atoms with van der Waals surface area (Å²) in [7, 11) is 0. The first-order valence-electron chi connectivity index (χ1n) is 6.53. The van der Waals surface area contributed by atoms with Crippen LogP contribution in [0.25, 0.3) is 0 Å². The van der Waals surface area contributed by atoms with Crippen LogP contribution in [-0.2, 0) is 11.2 Å². The Morgan fingerprint density at radius 1 is 1.39 bits per heavy atom. The maximum absolute atomic E-state index is 11.6. The van der Waals surface area contributed by atoms with Gasteiger partial charge in [-0.05, 0) is 42.9 Å². The molecule has 1 saturated carbocycles. The van der Waals surface area contributed by atoms with Gasteiger partial charge in [0.2, 0.25) is 0 Å². The number of carbonyl (C=O) groups excluding carboxylic acids is 1. The van der Waals surface area contributed by atoms with Crippen LogP contribution in [0.15, 0.2) is 18.2 Å². The summed E-state index contributed by atoms with van der Waals surface area (Å²) >= 11 is 0. The van der Waals surface area contributed by atoms with Crippen molar-refractivity contribution in [3.8, 4) is 5.75 Å². The molecule has 4 heteroatoms. The van der Waals surface area contributed by atoms with Crippen LogP contribution in [0.4, 0.5) is 0 Å². The van der Waals surface area contributed by atoms with Gasteiger partial charge in [-0.15, -0.1) is 0 Å². The molecule has 0 radical (unpaired) electrons. The van der Waals surface area contributed by atoms with Crippen LogP contribution in [0.1, 0.15) is 36.4 Å². The van der Waals surface area contributed by atoms with Crippen LogP contribution >= 0.6 is 0 Å². The first-order valence-corrected chi connectivity index (χ1v) is 6.53. The molecule has 0 saturated heterocycles. The van der Waals surface area contributed by atoms with Crippen molar-refractivity contribution >= 4 is 5.91 Å². The van der Waals surface area contributed by atoms with Crippen molar-refractivity contribution in [3.63, 3.8) is 0 Å². The highest BCUT2D eigenvalue weighted by Crippen LogP contribution is 2.35. The standard InChI is InChI=1S/C14H18N2O2/c15-12-7-6-11-10(12)2-1-3-13(11)18-8-14(17)16-9-4-5-9/h1-3,9,12H,4-8,15H2,(H,16,17). The third-order valence-corrected chi connectivity index (χ3v) is 3.58. The van der Waals surface area contributed by atoms with Gasteiger partial charge in [-0.25, -0.2) is 0 Å². The molecule has 1 fully saturated rings. The van der Waals surface area contributed by atoms with Gasteiger partial charge in [0, 0.05) is 12.1 Å². The molecule has 1 aromatic rings. The monoisotopic (exact) mass is 246 g/mol. The minimum atomic E-state index is -0.0302. The molecule has 4 nitrogen and oxygen atoms in total. The highest BCUT2D eigenvalue weighted by atomic mass is 16.5. The number of fused-ring (bicyclic) bond motifs is 1. The lowest BCUT2D eigenvalue weighted by Gasteiger charge is -2.11. The minimum absolute atomic E-state index is 0.0302. The van der Waals surface area contributed by atoms with Gasteiger partial charge in [-0.2, -0.15) is 0 Å². The van der Waals surface area contributed by atoms with E-state index in [1.165, 1.54) is 5.56 Å². The Morgan fingerprint density at radius 3 is 3.00 bits per heavy atom. The molecule has 1 unspecified atom stereocenters. The summed E-state index contributed by atoms with van der Waals surface area (Å²) in [4.78, 5) is 11.6. The van der Waals surface area contributed by atoms with Gasteiger partial charge < -0.3 is 15.8 Å². The normalized spacial score (nSPS) is 21.5. The maximum atomic E-state index is 11.6. The summed E-state index contributed by atoms with van der Waals surface area (Å²) in [6.45, 7) is 0.0994. The van der Waals surface area contributed by atoms with E-state index in [-0.39, 0.29) is 18.6 Å². The highest BCUT2D eigenvalue weighted by Gasteiger charge is 2.24. The molecule has 0 aliphatic heterocycles. The molecule has 0 aromatic heterocycles. The van der Waals surface area contributed by atoms with Crippen LogP contribution in [0.3, 0.4) is 0 Å². The number of rotatable bonds is 4. The fourth-order valence-corrected chi connectivity index (χ4v) is 2.43. The minimum Gasteiger partial charge on any atom is -0.483 e. The van der Waals surface area contributed by atoms with Crippen LogP contribution in [0.2, 0.25) is 0 Å². The van der Waals surface area contributed by atoms with Crippen molar-refractivity contribution in [3.05, 3.63) is 29.3 Å². The van der Waals surface area contributed by atoms with Crippen LogP contribution in [0, 0.1) is 0 Å². The molecular formula is C14H18N2O2. The van der Waals surface area contributed by atoms with Gasteiger partial charge in [-0.3, -0.25) is 4.79 Å². The summed E-state index contributed by atoms with van der Waals surface area (Å²) in [5.41, 5.74) is 8.34. The molecule has 3 rings (SSSR count). The maximum Gasteiger partial charge on any atom is 0.258 e. The number of ether oxygens (including phenoxy) is 1. The van der Waals surface area contributed by atoms with E-state index in [9.17, 15) is 4.79 Å². The summed E-state index contributed by atoms with van der Waals surface area (Å²) in [6.07, 6.45) is 4.10. The second-order valence-corrected chi connectivity index (χ2v) is 5.10. The zero-order valence-electron chi connectivity index (χ0n) is 10.3. The number of amides is 1. The quantitative estimate of drug-likeness (QED) is 0.841. The van der Waals surface area contributed by atoms with Crippen molar-refractivity contribution in [1.82, 2.24) is 5.32 Å². The Hall–Kier alpha value is -1.55. The average Bonchev–Trinajstić information content (AvgIpc) is 3.10. The van der Waals surface area contributed by atoms with Crippen molar-refractivity contribution in [1.29, 1.82) is 0 Å². The molecule has 1 aromatic carbocycles. The van der Waals surface area contributed by atoms with E-state index in [0.29, 0.717) is 6.04 Å². The molecule has 2 aliphatic rings. The van der Waals surface area contributed by atoms with Crippen LogP contribution in [-0.4, -0.2) is 18.6 Å². The highest BCUT2D eigenvalue weighted by molar-refractivity contribution is 5.78. The molecule has 1 atom stereocenters. The fourth-order valence-electron chi connectivity index (χ4n) is 2.43. The van der Waals surface area contributed by atoms with E-state index in [0.717, 1.165) is 37.0 Å². The number of nitrogens with one attached hydrogen (secondary N) is 1. The van der Waals surface area contributed by atoms with Gasteiger partial charge in [0.1, 0.15) is 5.75 Å². The fraction of sp³-hybridized carbons (Fsp3) is 0.500. The number of hydrogen-bond donors (Lipinski definition) is 2. The summed E-state index contributed by atoms with van der Waals surface area (Å²) in [6, 6.07) is 6.41. The lowest BCUT2D eigenvalue weighted by molar-refractivity contribution is -0.123. The topological polar surface area (TPSA) is 64.3 Å². The number of carbonyl (C=O) groups is 1. The largest absolute Gasteiger partial charge is 0.483 e. The molecule has 1 amide bonds. The Kier molecular flexibility index (Phi) is 2.96. The summed E-state index contributed by atoms with van der Waals surface area (Å²) in [5.74, 6) is 0.781. The zero-order valence-corrected chi connectivity index (χ0v) is 10.3. The Bertz CT molecular complexity index is 469. The molecule has 2 aliphatic carbocycles. The van der Waals surface area contributed by atoms with Gasteiger partial charge in [0.15, 0.2) is 6.61 Å². The van der Waals surface area contributed by atoms with E-state index in [1.807, 2.05) is 18.2 Å². The summed E-state index contributed by atoms with van der Waals surface area (Å²) in [5, 5.41) is 2.91. The molecule has 3 N–H and O–H groups in total.